The van der Waals surface area contributed by atoms with Crippen LogP contribution in [-0.4, -0.2) is 55.5 Å². The topological polar surface area (TPSA) is 72.4 Å². The van der Waals surface area contributed by atoms with Gasteiger partial charge in [-0.1, -0.05) is 33.1 Å². The summed E-state index contributed by atoms with van der Waals surface area (Å²) in [7, 11) is -4.76. The summed E-state index contributed by atoms with van der Waals surface area (Å²) in [6.07, 6.45) is 3.89. The molecule has 0 amide bonds. The van der Waals surface area contributed by atoms with Gasteiger partial charge in [-0.2, -0.15) is 0 Å². The van der Waals surface area contributed by atoms with E-state index >= 15 is 0 Å². The minimum atomic E-state index is -4.76. The molecule has 0 saturated heterocycles. The Balaban J connectivity index is 0. The summed E-state index contributed by atoms with van der Waals surface area (Å²) < 4.78 is 14.4. The van der Waals surface area contributed by atoms with Gasteiger partial charge in [-0.3, -0.25) is 0 Å². The SMILES string of the molecule is CCCCC(CC)COP(=O)([O-])[O-].[Ba+2]. The van der Waals surface area contributed by atoms with Crippen LogP contribution in [0, 0.1) is 5.92 Å². The Morgan fingerprint density at radius 3 is 2.29 bits per heavy atom. The maximum Gasteiger partial charge on any atom is 2.00 e. The molecule has 0 aliphatic rings. The van der Waals surface area contributed by atoms with Gasteiger partial charge in [0, 0.05) is 0 Å². The van der Waals surface area contributed by atoms with Crippen molar-refractivity contribution in [3.63, 3.8) is 0 Å². The molecule has 1 unspecified atom stereocenters. The largest absolute Gasteiger partial charge is 2.00 e. The number of hydrogen-bond acceptors (Lipinski definition) is 4. The molecule has 0 bridgehead atoms. The zero-order valence-corrected chi connectivity index (χ0v) is 14.2. The van der Waals surface area contributed by atoms with Gasteiger partial charge in [-0.15, -0.1) is 0 Å². The molecule has 0 aromatic rings. The molecule has 0 N–H and O–H groups in total. The molecule has 80 valence electrons. The smallest absolute Gasteiger partial charge is 0.790 e. The maximum atomic E-state index is 10.2. The van der Waals surface area contributed by atoms with Crippen molar-refractivity contribution in [1.82, 2.24) is 0 Å². The molecule has 0 aliphatic heterocycles. The molecule has 0 radical (unpaired) electrons. The molecule has 0 spiro atoms. The minimum Gasteiger partial charge on any atom is -0.790 e. The quantitative estimate of drug-likeness (QED) is 0.502. The van der Waals surface area contributed by atoms with Gasteiger partial charge in [0.2, 0.25) is 0 Å². The molecule has 6 heteroatoms. The third kappa shape index (κ3) is 11.8. The van der Waals surface area contributed by atoms with Crippen LogP contribution in [0.4, 0.5) is 0 Å². The molecule has 0 fully saturated rings. The zero-order valence-electron chi connectivity index (χ0n) is 8.90. The fourth-order valence-electron chi connectivity index (χ4n) is 1.09. The maximum absolute atomic E-state index is 10.2. The summed E-state index contributed by atoms with van der Waals surface area (Å²) in [5, 5.41) is 0. The molecule has 14 heavy (non-hydrogen) atoms. The van der Waals surface area contributed by atoms with Crippen molar-refractivity contribution < 1.29 is 18.9 Å². The van der Waals surface area contributed by atoms with Crippen LogP contribution in [0.2, 0.25) is 0 Å². The molecule has 0 aromatic heterocycles. The number of phosphoric ester groups is 1. The third-order valence-electron chi connectivity index (χ3n) is 2.01. The zero-order chi connectivity index (χ0) is 10.3. The minimum absolute atomic E-state index is 0. The van der Waals surface area contributed by atoms with Crippen molar-refractivity contribution in [2.24, 2.45) is 5.92 Å². The van der Waals surface area contributed by atoms with Crippen LogP contribution in [0.1, 0.15) is 39.5 Å². The standard InChI is InChI=1S/C8H19O4P.Ba/c1-3-5-6-8(4-2)7-12-13(9,10)11;/h8H,3-7H2,1-2H3,(H2,9,10,11);/q;+2/p-2. The average molecular weight is 346 g/mol. The van der Waals surface area contributed by atoms with E-state index in [0.29, 0.717) is 0 Å². The Hall–Kier alpha value is 1.68. The van der Waals surface area contributed by atoms with E-state index in [0.717, 1.165) is 25.7 Å². The van der Waals surface area contributed by atoms with Crippen LogP contribution < -0.4 is 9.79 Å². The van der Waals surface area contributed by atoms with Crippen LogP contribution >= 0.6 is 7.82 Å². The summed E-state index contributed by atoms with van der Waals surface area (Å²) in [4.78, 5) is 20.4. The Bertz CT molecular complexity index is 171. The Morgan fingerprint density at radius 2 is 1.93 bits per heavy atom. The van der Waals surface area contributed by atoms with E-state index in [2.05, 4.69) is 11.4 Å². The van der Waals surface area contributed by atoms with Crippen LogP contribution in [0.3, 0.4) is 0 Å². The molecule has 0 heterocycles. The van der Waals surface area contributed by atoms with E-state index in [1.54, 1.807) is 0 Å². The van der Waals surface area contributed by atoms with Gasteiger partial charge in [0.25, 0.3) is 0 Å². The van der Waals surface area contributed by atoms with Crippen molar-refractivity contribution in [3.8, 4) is 0 Å². The van der Waals surface area contributed by atoms with E-state index in [4.69, 9.17) is 0 Å². The normalized spacial score (nSPS) is 13.4. The monoisotopic (exact) mass is 346 g/mol. The van der Waals surface area contributed by atoms with Crippen molar-refractivity contribution in [2.75, 3.05) is 6.61 Å². The summed E-state index contributed by atoms with van der Waals surface area (Å²) >= 11 is 0. The van der Waals surface area contributed by atoms with Crippen molar-refractivity contribution in [2.45, 2.75) is 39.5 Å². The van der Waals surface area contributed by atoms with Crippen molar-refractivity contribution in [3.05, 3.63) is 0 Å². The van der Waals surface area contributed by atoms with Gasteiger partial charge >= 0.3 is 48.9 Å². The average Bonchev–Trinajstić information content (AvgIpc) is 2.03. The number of unbranched alkanes of at least 4 members (excludes halogenated alkanes) is 1. The van der Waals surface area contributed by atoms with E-state index in [9.17, 15) is 14.4 Å². The summed E-state index contributed by atoms with van der Waals surface area (Å²) in [6.45, 7) is 4.07. The van der Waals surface area contributed by atoms with E-state index < -0.39 is 7.82 Å². The molecule has 0 rings (SSSR count). The second-order valence-electron chi connectivity index (χ2n) is 3.16. The van der Waals surface area contributed by atoms with Crippen LogP contribution in [0.15, 0.2) is 0 Å². The number of hydrogen-bond donors (Lipinski definition) is 0. The van der Waals surface area contributed by atoms with Gasteiger partial charge in [-0.05, 0) is 12.3 Å². The van der Waals surface area contributed by atoms with Gasteiger partial charge in [0.15, 0.2) is 0 Å². The van der Waals surface area contributed by atoms with Crippen molar-refractivity contribution in [1.29, 1.82) is 0 Å². The third-order valence-corrected chi connectivity index (χ3v) is 2.48. The van der Waals surface area contributed by atoms with Crippen LogP contribution in [0.5, 0.6) is 0 Å². The van der Waals surface area contributed by atoms with E-state index in [-0.39, 0.29) is 61.4 Å². The second-order valence-corrected chi connectivity index (χ2v) is 4.31. The molecule has 0 aliphatic carbocycles. The van der Waals surface area contributed by atoms with Gasteiger partial charge in [-0.25, -0.2) is 0 Å². The molecule has 0 aromatic carbocycles. The predicted octanol–water partition coefficient (Wildman–Crippen LogP) is 0.667. The summed E-state index contributed by atoms with van der Waals surface area (Å²) in [6, 6.07) is 0. The van der Waals surface area contributed by atoms with Crippen LogP contribution in [0.25, 0.3) is 0 Å². The van der Waals surface area contributed by atoms with E-state index in [1.807, 2.05) is 6.92 Å². The predicted molar refractivity (Wildman–Crippen MR) is 52.6 cm³/mol. The molecule has 4 nitrogen and oxygen atoms in total. The van der Waals surface area contributed by atoms with Gasteiger partial charge in [0.05, 0.1) is 14.4 Å². The van der Waals surface area contributed by atoms with Crippen LogP contribution in [-0.2, 0) is 9.09 Å². The van der Waals surface area contributed by atoms with Gasteiger partial charge in [0.1, 0.15) is 0 Å². The second kappa shape index (κ2) is 9.88. The molecular formula is C8H17BaO4P. The first kappa shape index (κ1) is 18.1. The van der Waals surface area contributed by atoms with E-state index in [1.165, 1.54) is 0 Å². The number of phosphoric acid groups is 1. The molecule has 1 atom stereocenters. The Morgan fingerprint density at radius 1 is 1.36 bits per heavy atom. The first-order valence-electron chi connectivity index (χ1n) is 4.66. The summed E-state index contributed by atoms with van der Waals surface area (Å²) in [5.41, 5.74) is 0. The van der Waals surface area contributed by atoms with Gasteiger partial charge < -0.3 is 18.9 Å². The first-order valence-corrected chi connectivity index (χ1v) is 6.12. The number of rotatable bonds is 7. The first-order chi connectivity index (χ1) is 5.99. The molecule has 0 saturated carbocycles. The Kier molecular flexibility index (Phi) is 12.7. The molecular weight excluding hydrogens is 328 g/mol. The van der Waals surface area contributed by atoms with Crippen molar-refractivity contribution >= 4 is 56.7 Å². The fourth-order valence-corrected chi connectivity index (χ4v) is 1.49. The summed E-state index contributed by atoms with van der Waals surface area (Å²) in [5.74, 6) is 0.191. The Labute approximate surface area is 126 Å². The fraction of sp³-hybridized carbons (Fsp3) is 1.00.